The Morgan fingerprint density at radius 3 is 2.26 bits per heavy atom. The number of carbonyl (C=O) groups excluding carboxylic acids is 1. The van der Waals surface area contributed by atoms with Gasteiger partial charge in [-0.25, -0.2) is 9.97 Å². The summed E-state index contributed by atoms with van der Waals surface area (Å²) in [4.78, 5) is 27.9. The van der Waals surface area contributed by atoms with Crippen LogP contribution in [0, 0.1) is 5.21 Å². The number of alkyl halides is 3. The monoisotopic (exact) mass is 596 g/mol. The molecule has 43 heavy (non-hydrogen) atoms. The number of rotatable bonds is 5. The van der Waals surface area contributed by atoms with Crippen LogP contribution in [-0.2, 0) is 24.1 Å². The molecular formula is C31H35F3N6O3. The summed E-state index contributed by atoms with van der Waals surface area (Å²) in [7, 11) is 0. The number of carbonyl (C=O) groups is 1. The lowest BCUT2D eigenvalue weighted by Gasteiger charge is -2.44. The highest BCUT2D eigenvalue weighted by Gasteiger charge is 2.36. The number of hydrogen-bond donors (Lipinski definition) is 1. The van der Waals surface area contributed by atoms with Gasteiger partial charge in [-0.3, -0.25) is 4.79 Å². The first-order valence-corrected chi connectivity index (χ1v) is 14.6. The normalized spacial score (nSPS) is 20.8. The van der Waals surface area contributed by atoms with E-state index < -0.39 is 16.4 Å². The van der Waals surface area contributed by atoms with E-state index in [0.29, 0.717) is 68.3 Å². The number of aliphatic hydroxyl groups is 1. The number of piperazine rings is 1. The molecule has 1 aromatic heterocycles. The van der Waals surface area contributed by atoms with Gasteiger partial charge in [-0.1, -0.05) is 24.3 Å². The van der Waals surface area contributed by atoms with Crippen LogP contribution >= 0.6 is 0 Å². The first-order valence-electron chi connectivity index (χ1n) is 14.6. The standard InChI is InChI=1S/C31H35F3N6O3/c1-21-17-38(12-13-39(21)29(42)20-40(43)18-22-4-2-3-5-23(22)19-40)28-7-6-25(31(32,33)34)14-27(28)24-15-35-30(36-16-24)37-10-8-26(41)9-11-37/h2-7,14-16,21,26,41H,8-13,17-20H2,1H3. The maximum atomic E-state index is 13.7. The summed E-state index contributed by atoms with van der Waals surface area (Å²) in [5.41, 5.74) is 2.61. The Balaban J connectivity index is 1.19. The van der Waals surface area contributed by atoms with E-state index >= 15 is 0 Å². The number of amides is 1. The first kappa shape index (κ1) is 29.3. The maximum absolute atomic E-state index is 13.7. The molecule has 3 aliphatic rings. The summed E-state index contributed by atoms with van der Waals surface area (Å²) in [6.07, 6.45) is -0.563. The molecule has 12 heteroatoms. The highest BCUT2D eigenvalue weighted by Crippen LogP contribution is 2.38. The van der Waals surface area contributed by atoms with Crippen molar-refractivity contribution in [3.05, 3.63) is 76.8 Å². The van der Waals surface area contributed by atoms with Crippen molar-refractivity contribution in [2.75, 3.05) is 49.1 Å². The summed E-state index contributed by atoms with van der Waals surface area (Å²) in [6, 6.07) is 11.1. The maximum Gasteiger partial charge on any atom is 0.416 e. The Labute approximate surface area is 248 Å². The van der Waals surface area contributed by atoms with Crippen LogP contribution in [0.15, 0.2) is 54.9 Å². The fourth-order valence-electron chi connectivity index (χ4n) is 6.45. The fourth-order valence-corrected chi connectivity index (χ4v) is 6.45. The van der Waals surface area contributed by atoms with Gasteiger partial charge in [0, 0.05) is 79.1 Å². The molecule has 0 spiro atoms. The largest absolute Gasteiger partial charge is 0.632 e. The summed E-state index contributed by atoms with van der Waals surface area (Å²) in [5.74, 6) is 0.265. The molecule has 228 valence electrons. The molecule has 9 nitrogen and oxygen atoms in total. The number of benzene rings is 2. The number of halogens is 3. The van der Waals surface area contributed by atoms with Crippen LogP contribution in [0.25, 0.3) is 11.1 Å². The Morgan fingerprint density at radius 2 is 1.65 bits per heavy atom. The van der Waals surface area contributed by atoms with Crippen LogP contribution in [0.4, 0.5) is 24.8 Å². The van der Waals surface area contributed by atoms with E-state index in [1.807, 2.05) is 41.0 Å². The minimum Gasteiger partial charge on any atom is -0.632 e. The topological polar surface area (TPSA) is 95.9 Å². The average molecular weight is 597 g/mol. The number of fused-ring (bicyclic) bond motifs is 1. The molecule has 1 atom stereocenters. The zero-order chi connectivity index (χ0) is 30.4. The van der Waals surface area contributed by atoms with Crippen molar-refractivity contribution >= 4 is 17.5 Å². The van der Waals surface area contributed by atoms with Gasteiger partial charge in [-0.05, 0) is 38.0 Å². The van der Waals surface area contributed by atoms with Crippen LogP contribution in [0.3, 0.4) is 0 Å². The molecule has 1 unspecified atom stereocenters. The van der Waals surface area contributed by atoms with Crippen LogP contribution in [0.1, 0.15) is 36.5 Å². The molecule has 2 aromatic carbocycles. The van der Waals surface area contributed by atoms with Crippen LogP contribution < -0.4 is 9.80 Å². The number of aliphatic hydroxyl groups excluding tert-OH is 1. The first-order chi connectivity index (χ1) is 20.5. The third kappa shape index (κ3) is 6.17. The summed E-state index contributed by atoms with van der Waals surface area (Å²) in [5, 5.41) is 23.2. The predicted octanol–water partition coefficient (Wildman–Crippen LogP) is 4.19. The zero-order valence-corrected chi connectivity index (χ0v) is 24.0. The molecule has 2 saturated heterocycles. The van der Waals surface area contributed by atoms with Gasteiger partial charge >= 0.3 is 6.18 Å². The third-order valence-electron chi connectivity index (χ3n) is 8.77. The van der Waals surface area contributed by atoms with E-state index in [4.69, 9.17) is 0 Å². The van der Waals surface area contributed by atoms with Crippen molar-refractivity contribution in [3.63, 3.8) is 0 Å². The molecule has 0 saturated carbocycles. The van der Waals surface area contributed by atoms with E-state index in [2.05, 4.69) is 9.97 Å². The molecule has 0 aliphatic carbocycles. The zero-order valence-electron chi connectivity index (χ0n) is 24.0. The van der Waals surface area contributed by atoms with Crippen molar-refractivity contribution in [1.82, 2.24) is 14.9 Å². The quantitative estimate of drug-likeness (QED) is 0.349. The SMILES string of the molecule is CC1CN(c2ccc(C(F)(F)F)cc2-c2cnc(N3CCC(O)CC3)nc2)CCN1C(=O)C[N+]1([O-])Cc2ccccc2C1. The second kappa shape index (κ2) is 11.4. The number of aromatic nitrogens is 2. The van der Waals surface area contributed by atoms with Crippen molar-refractivity contribution in [1.29, 1.82) is 0 Å². The van der Waals surface area contributed by atoms with Gasteiger partial charge < -0.3 is 29.7 Å². The lowest BCUT2D eigenvalue weighted by atomic mass is 10.0. The second-order valence-corrected chi connectivity index (χ2v) is 11.9. The van der Waals surface area contributed by atoms with Crippen molar-refractivity contribution in [2.24, 2.45) is 0 Å². The van der Waals surface area contributed by atoms with Crippen molar-refractivity contribution in [3.8, 4) is 11.1 Å². The Hall–Kier alpha value is -3.74. The lowest BCUT2D eigenvalue weighted by molar-refractivity contribution is -0.892. The second-order valence-electron chi connectivity index (χ2n) is 11.9. The average Bonchev–Trinajstić information content (AvgIpc) is 3.32. The van der Waals surface area contributed by atoms with Gasteiger partial charge in [0.25, 0.3) is 5.91 Å². The Bertz CT molecular complexity index is 1450. The molecule has 6 rings (SSSR count). The van der Waals surface area contributed by atoms with E-state index in [9.17, 15) is 28.3 Å². The molecule has 3 aliphatic heterocycles. The number of anilines is 2. The smallest absolute Gasteiger partial charge is 0.416 e. The van der Waals surface area contributed by atoms with E-state index in [0.717, 1.165) is 23.3 Å². The van der Waals surface area contributed by atoms with Crippen LogP contribution in [0.5, 0.6) is 0 Å². The number of piperidine rings is 1. The minimum absolute atomic E-state index is 0.149. The summed E-state index contributed by atoms with van der Waals surface area (Å²) in [6.45, 7) is 4.66. The van der Waals surface area contributed by atoms with E-state index in [1.54, 1.807) is 17.3 Å². The van der Waals surface area contributed by atoms with Gasteiger partial charge in [-0.15, -0.1) is 0 Å². The summed E-state index contributed by atoms with van der Waals surface area (Å²) >= 11 is 0. The van der Waals surface area contributed by atoms with Gasteiger partial charge in [0.2, 0.25) is 5.95 Å². The molecule has 0 radical (unpaired) electrons. The van der Waals surface area contributed by atoms with Crippen LogP contribution in [0.2, 0.25) is 0 Å². The molecule has 1 amide bonds. The highest BCUT2D eigenvalue weighted by atomic mass is 19.4. The molecule has 4 heterocycles. The molecule has 1 N–H and O–H groups in total. The lowest BCUT2D eigenvalue weighted by Crippen LogP contribution is -2.57. The molecule has 0 bridgehead atoms. The third-order valence-corrected chi connectivity index (χ3v) is 8.77. The minimum atomic E-state index is -4.52. The Morgan fingerprint density at radius 1 is 1.00 bits per heavy atom. The molecular weight excluding hydrogens is 561 g/mol. The number of quaternary nitrogens is 1. The molecule has 2 fully saturated rings. The fraction of sp³-hybridized carbons (Fsp3) is 0.452. The summed E-state index contributed by atoms with van der Waals surface area (Å²) < 4.78 is 40.6. The van der Waals surface area contributed by atoms with Crippen LogP contribution in [-0.4, -0.2) is 81.9 Å². The van der Waals surface area contributed by atoms with Gasteiger partial charge in [0.05, 0.1) is 11.7 Å². The van der Waals surface area contributed by atoms with Gasteiger partial charge in [0.15, 0.2) is 6.54 Å². The van der Waals surface area contributed by atoms with Gasteiger partial charge in [0.1, 0.15) is 13.1 Å². The van der Waals surface area contributed by atoms with Gasteiger partial charge in [-0.2, -0.15) is 13.2 Å². The van der Waals surface area contributed by atoms with E-state index in [1.165, 1.54) is 6.07 Å². The number of hydrogen-bond acceptors (Lipinski definition) is 7. The Kier molecular flexibility index (Phi) is 7.78. The number of nitrogens with zero attached hydrogens (tertiary/aromatic N) is 6. The van der Waals surface area contributed by atoms with E-state index in [-0.39, 0.29) is 37.7 Å². The molecule has 3 aromatic rings. The number of hydroxylamine groups is 3. The predicted molar refractivity (Wildman–Crippen MR) is 156 cm³/mol. The van der Waals surface area contributed by atoms with Crippen molar-refractivity contribution < 1.29 is 27.7 Å². The highest BCUT2D eigenvalue weighted by molar-refractivity contribution is 5.81. The van der Waals surface area contributed by atoms with Crippen molar-refractivity contribution in [2.45, 2.75) is 51.2 Å².